The summed E-state index contributed by atoms with van der Waals surface area (Å²) in [6, 6.07) is -0.122. The van der Waals surface area contributed by atoms with Crippen LogP contribution in [0.25, 0.3) is 0 Å². The number of H-pyrrole nitrogens is 2. The number of nitrogens with zero attached hydrogens (tertiary/aromatic N) is 3. The van der Waals surface area contributed by atoms with Crippen LogP contribution in [0.1, 0.15) is 49.2 Å². The third kappa shape index (κ3) is 3.61. The topological polar surface area (TPSA) is 107 Å². The lowest BCUT2D eigenvalue weighted by Gasteiger charge is -2.30. The van der Waals surface area contributed by atoms with Gasteiger partial charge in [0.1, 0.15) is 5.82 Å². The molecule has 9 heteroatoms. The molecule has 2 amide bonds. The second-order valence-corrected chi connectivity index (χ2v) is 7.04. The van der Waals surface area contributed by atoms with Gasteiger partial charge in [0.25, 0.3) is 0 Å². The summed E-state index contributed by atoms with van der Waals surface area (Å²) in [6.45, 7) is 5.47. The number of likely N-dealkylation sites (tertiary alicyclic amines) is 1. The van der Waals surface area contributed by atoms with Gasteiger partial charge in [-0.05, 0) is 18.8 Å². The van der Waals surface area contributed by atoms with Crippen molar-refractivity contribution in [2.24, 2.45) is 0 Å². The van der Waals surface area contributed by atoms with Gasteiger partial charge in [0, 0.05) is 30.1 Å². The Labute approximate surface area is 137 Å². The van der Waals surface area contributed by atoms with E-state index in [2.05, 4.69) is 39.3 Å². The van der Waals surface area contributed by atoms with Crippen LogP contribution in [-0.2, 0) is 0 Å². The zero-order chi connectivity index (χ0) is 16.4. The second-order valence-electron chi connectivity index (χ2n) is 5.98. The highest BCUT2D eigenvalue weighted by Gasteiger charge is 2.26. The molecular formula is C14H20N6O2S. The average Bonchev–Trinajstić information content (AvgIpc) is 3.16. The Balaban J connectivity index is 1.54. The highest BCUT2D eigenvalue weighted by Crippen LogP contribution is 2.27. The Kier molecular flexibility index (Phi) is 4.46. The number of thiazole rings is 1. The number of amides is 2. The van der Waals surface area contributed by atoms with Gasteiger partial charge in [0.05, 0.1) is 0 Å². The third-order valence-electron chi connectivity index (χ3n) is 3.99. The van der Waals surface area contributed by atoms with Crippen molar-refractivity contribution >= 4 is 22.5 Å². The van der Waals surface area contributed by atoms with E-state index in [0.29, 0.717) is 30.0 Å². The molecule has 2 aromatic rings. The third-order valence-corrected chi connectivity index (χ3v) is 5.21. The van der Waals surface area contributed by atoms with Crippen molar-refractivity contribution in [3.63, 3.8) is 0 Å². The first kappa shape index (κ1) is 15.7. The van der Waals surface area contributed by atoms with E-state index in [1.54, 1.807) is 4.90 Å². The lowest BCUT2D eigenvalue weighted by atomic mass is 9.96. The molecular weight excluding hydrogens is 316 g/mol. The van der Waals surface area contributed by atoms with Crippen LogP contribution >= 0.6 is 11.3 Å². The zero-order valence-corrected chi connectivity index (χ0v) is 13.9. The van der Waals surface area contributed by atoms with E-state index in [1.807, 2.05) is 6.20 Å². The molecule has 2 aromatic heterocycles. The fraction of sp³-hybridized carbons (Fsp3) is 0.571. The van der Waals surface area contributed by atoms with Gasteiger partial charge >= 0.3 is 11.7 Å². The second kappa shape index (κ2) is 6.53. The summed E-state index contributed by atoms with van der Waals surface area (Å²) in [5, 5.41) is 9.86. The largest absolute Gasteiger partial charge is 0.340 e. The van der Waals surface area contributed by atoms with Gasteiger partial charge in [0.2, 0.25) is 0 Å². The number of anilines is 1. The molecule has 0 spiro atoms. The summed E-state index contributed by atoms with van der Waals surface area (Å²) in [7, 11) is 0. The molecule has 3 N–H and O–H groups in total. The average molecular weight is 336 g/mol. The first-order valence-electron chi connectivity index (χ1n) is 7.69. The van der Waals surface area contributed by atoms with Crippen LogP contribution in [-0.4, -0.2) is 44.2 Å². The van der Waals surface area contributed by atoms with Crippen molar-refractivity contribution < 1.29 is 4.79 Å². The van der Waals surface area contributed by atoms with E-state index < -0.39 is 0 Å². The summed E-state index contributed by atoms with van der Waals surface area (Å²) < 4.78 is 0. The van der Waals surface area contributed by atoms with Crippen LogP contribution in [0.15, 0.2) is 11.0 Å². The maximum absolute atomic E-state index is 12.3. The Morgan fingerprint density at radius 2 is 2.17 bits per heavy atom. The highest BCUT2D eigenvalue weighted by atomic mass is 32.1. The Morgan fingerprint density at radius 3 is 2.74 bits per heavy atom. The van der Waals surface area contributed by atoms with Crippen molar-refractivity contribution in [2.75, 3.05) is 18.4 Å². The molecule has 23 heavy (non-hydrogen) atoms. The number of carbonyl (C=O) groups excluding carboxylic acids is 1. The van der Waals surface area contributed by atoms with Crippen LogP contribution in [0.5, 0.6) is 0 Å². The minimum atomic E-state index is -0.287. The van der Waals surface area contributed by atoms with Gasteiger partial charge in [0.15, 0.2) is 5.13 Å². The number of hydrogen-bond donors (Lipinski definition) is 3. The van der Waals surface area contributed by atoms with Gasteiger partial charge in [-0.2, -0.15) is 5.10 Å². The van der Waals surface area contributed by atoms with Crippen LogP contribution in [0.3, 0.4) is 0 Å². The van der Waals surface area contributed by atoms with Crippen molar-refractivity contribution in [3.05, 3.63) is 27.4 Å². The number of hydrogen-bond acceptors (Lipinski definition) is 5. The summed E-state index contributed by atoms with van der Waals surface area (Å²) in [5.41, 5.74) is -0.287. The maximum Gasteiger partial charge on any atom is 0.340 e. The molecule has 0 radical (unpaired) electrons. The summed E-state index contributed by atoms with van der Waals surface area (Å²) in [6.07, 6.45) is 3.37. The number of piperidine rings is 1. The van der Waals surface area contributed by atoms with Crippen molar-refractivity contribution in [1.82, 2.24) is 25.1 Å². The Morgan fingerprint density at radius 1 is 1.43 bits per heavy atom. The fourth-order valence-electron chi connectivity index (χ4n) is 2.61. The summed E-state index contributed by atoms with van der Waals surface area (Å²) >= 11 is 1.51. The number of carbonyl (C=O) groups is 1. The van der Waals surface area contributed by atoms with Crippen LogP contribution in [0.2, 0.25) is 0 Å². The summed E-state index contributed by atoms with van der Waals surface area (Å²) in [4.78, 5) is 33.3. The van der Waals surface area contributed by atoms with E-state index >= 15 is 0 Å². The van der Waals surface area contributed by atoms with E-state index in [1.165, 1.54) is 11.3 Å². The van der Waals surface area contributed by atoms with Crippen LogP contribution in [0.4, 0.5) is 9.93 Å². The molecule has 0 bridgehead atoms. The van der Waals surface area contributed by atoms with Gasteiger partial charge in [-0.15, -0.1) is 11.3 Å². The number of rotatable bonds is 3. The van der Waals surface area contributed by atoms with E-state index in [4.69, 9.17) is 0 Å². The number of aromatic nitrogens is 4. The zero-order valence-electron chi connectivity index (χ0n) is 13.1. The summed E-state index contributed by atoms with van der Waals surface area (Å²) in [5.74, 6) is 1.27. The number of nitrogens with one attached hydrogen (secondary N) is 3. The minimum absolute atomic E-state index is 0.122. The highest BCUT2D eigenvalue weighted by molar-refractivity contribution is 7.15. The smallest absolute Gasteiger partial charge is 0.324 e. The molecule has 0 saturated carbocycles. The van der Waals surface area contributed by atoms with Crippen molar-refractivity contribution in [2.45, 2.75) is 38.5 Å². The Hall–Kier alpha value is -2.16. The molecule has 0 unspecified atom stereocenters. The lowest BCUT2D eigenvalue weighted by molar-refractivity contribution is 0.193. The van der Waals surface area contributed by atoms with Gasteiger partial charge in [-0.25, -0.2) is 19.7 Å². The van der Waals surface area contributed by atoms with Crippen molar-refractivity contribution in [1.29, 1.82) is 0 Å². The molecule has 1 fully saturated rings. The van der Waals surface area contributed by atoms with E-state index in [0.717, 1.165) is 17.7 Å². The van der Waals surface area contributed by atoms with E-state index in [9.17, 15) is 9.59 Å². The minimum Gasteiger partial charge on any atom is -0.324 e. The van der Waals surface area contributed by atoms with Crippen LogP contribution in [0, 0.1) is 0 Å². The molecule has 0 aliphatic carbocycles. The van der Waals surface area contributed by atoms with Gasteiger partial charge < -0.3 is 4.90 Å². The number of aromatic amines is 2. The van der Waals surface area contributed by atoms with Gasteiger partial charge in [-0.1, -0.05) is 13.8 Å². The Bertz CT molecular complexity index is 725. The monoisotopic (exact) mass is 336 g/mol. The number of urea groups is 1. The first-order valence-corrected chi connectivity index (χ1v) is 8.51. The molecule has 1 aliphatic rings. The molecule has 0 atom stereocenters. The van der Waals surface area contributed by atoms with Gasteiger partial charge in [-0.3, -0.25) is 10.3 Å². The van der Waals surface area contributed by atoms with Crippen molar-refractivity contribution in [3.8, 4) is 0 Å². The molecule has 1 aliphatic heterocycles. The maximum atomic E-state index is 12.3. The van der Waals surface area contributed by atoms with Crippen LogP contribution < -0.4 is 11.0 Å². The molecule has 124 valence electrons. The quantitative estimate of drug-likeness (QED) is 0.797. The SMILES string of the molecule is CC(C)c1cnc(NC(=O)N2CCC(c3n[nH]c(=O)[nH]3)CC2)s1. The lowest BCUT2D eigenvalue weighted by Crippen LogP contribution is -2.40. The molecule has 8 nitrogen and oxygen atoms in total. The molecule has 1 saturated heterocycles. The normalized spacial score (nSPS) is 16.0. The van der Waals surface area contributed by atoms with E-state index in [-0.39, 0.29) is 17.6 Å². The molecule has 3 heterocycles. The standard InChI is InChI=1S/C14H20N6O2S/c1-8(2)10-7-15-13(23-10)17-14(22)20-5-3-9(4-6-20)11-16-12(21)19-18-11/h7-9H,3-6H2,1-2H3,(H,15,17,22)(H2,16,18,19,21). The first-order chi connectivity index (χ1) is 11.0. The molecule has 3 rings (SSSR count). The predicted molar refractivity (Wildman–Crippen MR) is 88.0 cm³/mol. The fourth-order valence-corrected chi connectivity index (χ4v) is 3.42. The predicted octanol–water partition coefficient (Wildman–Crippen LogP) is 2.09. The molecule has 0 aromatic carbocycles.